The highest BCUT2D eigenvalue weighted by Crippen LogP contribution is 2.44. The molecule has 5 rings (SSSR count). The lowest BCUT2D eigenvalue weighted by Gasteiger charge is -2.29. The van der Waals surface area contributed by atoms with Gasteiger partial charge in [-0.15, -0.1) is 0 Å². The predicted octanol–water partition coefficient (Wildman–Crippen LogP) is 4.60. The molecular formula is C28H32N2O5. The molecule has 3 aliphatic rings. The van der Waals surface area contributed by atoms with Gasteiger partial charge < -0.3 is 20.5 Å². The lowest BCUT2D eigenvalue weighted by molar-refractivity contribution is -0.150. The second-order valence-electron chi connectivity index (χ2n) is 10.2. The quantitative estimate of drug-likeness (QED) is 0.507. The first kappa shape index (κ1) is 23.4. The van der Waals surface area contributed by atoms with Gasteiger partial charge in [-0.25, -0.2) is 4.79 Å². The van der Waals surface area contributed by atoms with Crippen molar-refractivity contribution in [3.8, 4) is 11.1 Å². The van der Waals surface area contributed by atoms with Gasteiger partial charge in [0.1, 0.15) is 12.1 Å². The van der Waals surface area contributed by atoms with E-state index in [1.165, 1.54) is 0 Å². The van der Waals surface area contributed by atoms with Crippen molar-refractivity contribution in [2.24, 2.45) is 5.41 Å². The van der Waals surface area contributed by atoms with Crippen molar-refractivity contribution < 1.29 is 24.2 Å². The van der Waals surface area contributed by atoms with Crippen molar-refractivity contribution in [3.63, 3.8) is 0 Å². The largest absolute Gasteiger partial charge is 0.481 e. The maximum atomic E-state index is 13.0. The van der Waals surface area contributed by atoms with E-state index in [2.05, 4.69) is 34.9 Å². The summed E-state index contributed by atoms with van der Waals surface area (Å²) in [5, 5.41) is 15.5. The molecule has 0 aromatic heterocycles. The Morgan fingerprint density at radius 3 is 1.97 bits per heavy atom. The molecule has 7 nitrogen and oxygen atoms in total. The molecular weight excluding hydrogens is 444 g/mol. The summed E-state index contributed by atoms with van der Waals surface area (Å²) in [4.78, 5) is 37.7. The number of hydrogen-bond donors (Lipinski definition) is 3. The van der Waals surface area contributed by atoms with E-state index in [-0.39, 0.29) is 25.0 Å². The summed E-state index contributed by atoms with van der Waals surface area (Å²) >= 11 is 0. The zero-order valence-electron chi connectivity index (χ0n) is 19.8. The normalized spacial score (nSPS) is 19.5. The van der Waals surface area contributed by atoms with E-state index in [1.54, 1.807) is 0 Å². The van der Waals surface area contributed by atoms with E-state index in [1.807, 2.05) is 24.3 Å². The van der Waals surface area contributed by atoms with Crippen LogP contribution in [0.25, 0.3) is 11.1 Å². The molecule has 2 aromatic rings. The Kier molecular flexibility index (Phi) is 6.26. The zero-order chi connectivity index (χ0) is 24.5. The number of aliphatic carboxylic acids is 1. The maximum Gasteiger partial charge on any atom is 0.408 e. The zero-order valence-corrected chi connectivity index (χ0v) is 19.8. The molecule has 0 aliphatic heterocycles. The number of carboxylic acids is 1. The van der Waals surface area contributed by atoms with E-state index in [0.717, 1.165) is 47.9 Å². The summed E-state index contributed by atoms with van der Waals surface area (Å²) in [5.74, 6) is -1.23. The van der Waals surface area contributed by atoms with Gasteiger partial charge in [0.05, 0.1) is 5.41 Å². The van der Waals surface area contributed by atoms with Gasteiger partial charge in [-0.3, -0.25) is 9.59 Å². The van der Waals surface area contributed by atoms with Gasteiger partial charge in [-0.2, -0.15) is 0 Å². The Balaban J connectivity index is 1.19. The monoisotopic (exact) mass is 476 g/mol. The van der Waals surface area contributed by atoms with Gasteiger partial charge in [-0.05, 0) is 47.9 Å². The highest BCUT2D eigenvalue weighted by atomic mass is 16.5. The minimum atomic E-state index is -1.01. The van der Waals surface area contributed by atoms with Crippen molar-refractivity contribution in [2.45, 2.75) is 62.8 Å². The summed E-state index contributed by atoms with van der Waals surface area (Å²) in [7, 11) is 0. The molecule has 2 amide bonds. The van der Waals surface area contributed by atoms with Crippen LogP contribution in [0.1, 0.15) is 68.4 Å². The molecule has 2 fully saturated rings. The number of ether oxygens (including phenoxy) is 1. The molecule has 2 saturated carbocycles. The highest BCUT2D eigenvalue weighted by molar-refractivity contribution is 5.93. The Labute approximate surface area is 205 Å². The Bertz CT molecular complexity index is 1090. The van der Waals surface area contributed by atoms with Crippen molar-refractivity contribution in [1.29, 1.82) is 0 Å². The van der Waals surface area contributed by atoms with Crippen LogP contribution in [0.2, 0.25) is 0 Å². The number of carbonyl (C=O) groups excluding carboxylic acids is 2. The first-order valence-corrected chi connectivity index (χ1v) is 12.6. The third kappa shape index (κ3) is 4.51. The summed E-state index contributed by atoms with van der Waals surface area (Å²) < 4.78 is 5.61. The molecule has 0 saturated heterocycles. The van der Waals surface area contributed by atoms with Gasteiger partial charge in [-0.1, -0.05) is 74.2 Å². The summed E-state index contributed by atoms with van der Waals surface area (Å²) in [6.45, 7) is 0.273. The molecule has 2 aromatic carbocycles. The Morgan fingerprint density at radius 2 is 1.43 bits per heavy atom. The van der Waals surface area contributed by atoms with Crippen LogP contribution in [-0.4, -0.2) is 41.8 Å². The fourth-order valence-corrected chi connectivity index (χ4v) is 5.65. The van der Waals surface area contributed by atoms with E-state index in [4.69, 9.17) is 4.74 Å². The van der Waals surface area contributed by atoms with Crippen molar-refractivity contribution >= 4 is 18.0 Å². The minimum absolute atomic E-state index is 0.0530. The van der Waals surface area contributed by atoms with Gasteiger partial charge in [0.15, 0.2) is 0 Å². The second-order valence-corrected chi connectivity index (χ2v) is 10.2. The van der Waals surface area contributed by atoms with Gasteiger partial charge in [0, 0.05) is 12.5 Å². The number of benzene rings is 2. The van der Waals surface area contributed by atoms with Crippen LogP contribution < -0.4 is 10.6 Å². The van der Waals surface area contributed by atoms with E-state index >= 15 is 0 Å². The maximum absolute atomic E-state index is 13.0. The van der Waals surface area contributed by atoms with Crippen LogP contribution in [0, 0.1) is 5.41 Å². The molecule has 3 N–H and O–H groups in total. The fraction of sp³-hybridized carbons (Fsp3) is 0.464. The van der Waals surface area contributed by atoms with Gasteiger partial charge in [0.2, 0.25) is 5.91 Å². The standard InChI is InChI=1S/C28H32N2O5/c31-24(29-18-27(25(32)33)13-7-1-2-8-14-27)28(15-16-28)30-26(34)35-17-23-21-11-5-3-9-19(21)20-10-4-6-12-22(20)23/h3-6,9-12,23H,1-2,7-8,13-18H2,(H,29,31)(H,30,34)(H,32,33). The molecule has 0 bridgehead atoms. The van der Waals surface area contributed by atoms with Crippen molar-refractivity contribution in [1.82, 2.24) is 10.6 Å². The van der Waals surface area contributed by atoms with E-state index in [0.29, 0.717) is 25.7 Å². The number of amides is 2. The minimum Gasteiger partial charge on any atom is -0.481 e. The number of alkyl carbamates (subject to hydrolysis) is 1. The molecule has 184 valence electrons. The van der Waals surface area contributed by atoms with Gasteiger partial charge in [0.25, 0.3) is 0 Å². The predicted molar refractivity (Wildman–Crippen MR) is 131 cm³/mol. The number of rotatable bonds is 7. The number of carboxylic acid groups (broad SMARTS) is 1. The third-order valence-corrected chi connectivity index (χ3v) is 7.97. The van der Waals surface area contributed by atoms with Crippen LogP contribution in [-0.2, 0) is 14.3 Å². The molecule has 7 heteroatoms. The molecule has 0 radical (unpaired) electrons. The fourth-order valence-electron chi connectivity index (χ4n) is 5.65. The molecule has 0 heterocycles. The van der Waals surface area contributed by atoms with E-state index in [9.17, 15) is 19.5 Å². The third-order valence-electron chi connectivity index (χ3n) is 7.97. The average Bonchev–Trinajstić information content (AvgIpc) is 3.62. The number of fused-ring (bicyclic) bond motifs is 3. The first-order valence-electron chi connectivity index (χ1n) is 12.6. The molecule has 0 atom stereocenters. The van der Waals surface area contributed by atoms with Crippen LogP contribution >= 0.6 is 0 Å². The van der Waals surface area contributed by atoms with Crippen molar-refractivity contribution in [3.05, 3.63) is 59.7 Å². The molecule has 0 spiro atoms. The Hall–Kier alpha value is -3.35. The number of nitrogens with one attached hydrogen (secondary N) is 2. The summed E-state index contributed by atoms with van der Waals surface area (Å²) in [5.41, 5.74) is 2.63. The highest BCUT2D eigenvalue weighted by Gasteiger charge is 2.52. The van der Waals surface area contributed by atoms with Crippen LogP contribution in [0.3, 0.4) is 0 Å². The SMILES string of the molecule is O=C(NC1(C(=O)NCC2(C(=O)O)CCCCCC2)CC1)OCC1c2ccccc2-c2ccccc21. The van der Waals surface area contributed by atoms with E-state index < -0.39 is 23.0 Å². The average molecular weight is 477 g/mol. The molecule has 3 aliphatic carbocycles. The Morgan fingerprint density at radius 1 is 0.857 bits per heavy atom. The number of carbonyl (C=O) groups is 3. The molecule has 35 heavy (non-hydrogen) atoms. The summed E-state index contributed by atoms with van der Waals surface area (Å²) in [6, 6.07) is 16.3. The molecule has 0 unspecified atom stereocenters. The first-order chi connectivity index (χ1) is 16.9. The summed E-state index contributed by atoms with van der Waals surface area (Å²) in [6.07, 6.45) is 5.29. The van der Waals surface area contributed by atoms with Crippen molar-refractivity contribution in [2.75, 3.05) is 13.2 Å². The smallest absolute Gasteiger partial charge is 0.408 e. The van der Waals surface area contributed by atoms with Crippen LogP contribution in [0.15, 0.2) is 48.5 Å². The van der Waals surface area contributed by atoms with Crippen LogP contribution in [0.4, 0.5) is 4.79 Å². The van der Waals surface area contributed by atoms with Gasteiger partial charge >= 0.3 is 12.1 Å². The second kappa shape index (κ2) is 9.36. The number of hydrogen-bond acceptors (Lipinski definition) is 4. The lowest BCUT2D eigenvalue weighted by Crippen LogP contribution is -2.52. The van der Waals surface area contributed by atoms with Crippen LogP contribution in [0.5, 0.6) is 0 Å². The topological polar surface area (TPSA) is 105 Å². The lowest BCUT2D eigenvalue weighted by atomic mass is 9.80.